The van der Waals surface area contributed by atoms with Crippen LogP contribution in [0.5, 0.6) is 0 Å². The van der Waals surface area contributed by atoms with Crippen LogP contribution < -0.4 is 5.32 Å². The maximum atomic E-state index is 11.8. The maximum absolute atomic E-state index is 11.8. The zero-order valence-corrected chi connectivity index (χ0v) is 12.0. The topological polar surface area (TPSA) is 71.5 Å². The number of nitrogens with zero attached hydrogens (tertiary/aromatic N) is 1. The Morgan fingerprint density at radius 3 is 2.89 bits per heavy atom. The normalized spacial score (nSPS) is 14.6. The van der Waals surface area contributed by atoms with E-state index in [4.69, 9.17) is 4.74 Å². The summed E-state index contributed by atoms with van der Waals surface area (Å²) in [7, 11) is 1.58. The molecule has 5 nitrogen and oxygen atoms in total. The monoisotopic (exact) mass is 272 g/mol. The van der Waals surface area contributed by atoms with Crippen molar-refractivity contribution < 1.29 is 14.6 Å². The zero-order chi connectivity index (χ0) is 13.8. The van der Waals surface area contributed by atoms with Crippen molar-refractivity contribution in [2.45, 2.75) is 33.0 Å². The van der Waals surface area contributed by atoms with E-state index in [9.17, 15) is 9.90 Å². The van der Waals surface area contributed by atoms with Gasteiger partial charge < -0.3 is 15.2 Å². The molecule has 0 aliphatic carbocycles. The number of rotatable bonds is 6. The van der Waals surface area contributed by atoms with Crippen LogP contribution in [0.15, 0.2) is 5.38 Å². The van der Waals surface area contributed by atoms with Crippen LogP contribution in [0.25, 0.3) is 0 Å². The summed E-state index contributed by atoms with van der Waals surface area (Å²) in [6.07, 6.45) is 0. The first-order valence-electron chi connectivity index (χ1n) is 5.80. The van der Waals surface area contributed by atoms with Gasteiger partial charge in [-0.15, -0.1) is 11.3 Å². The number of aromatic nitrogens is 1. The molecule has 6 heteroatoms. The molecular formula is C12H20N2O3S. The molecule has 102 valence electrons. The maximum Gasteiger partial charge on any atom is 0.270 e. The molecule has 1 aromatic rings. The average Bonchev–Trinajstić information content (AvgIpc) is 2.75. The molecule has 18 heavy (non-hydrogen) atoms. The number of amides is 1. The summed E-state index contributed by atoms with van der Waals surface area (Å²) >= 11 is 1.38. The van der Waals surface area contributed by atoms with Crippen LogP contribution in [0, 0.1) is 5.92 Å². The van der Waals surface area contributed by atoms with Gasteiger partial charge in [0.15, 0.2) is 0 Å². The lowest BCUT2D eigenvalue weighted by Gasteiger charge is -2.27. The summed E-state index contributed by atoms with van der Waals surface area (Å²) in [5.41, 5.74) is -0.548. The molecular weight excluding hydrogens is 252 g/mol. The third-order valence-corrected chi connectivity index (χ3v) is 3.73. The van der Waals surface area contributed by atoms with Crippen molar-refractivity contribution in [3.8, 4) is 0 Å². The van der Waals surface area contributed by atoms with Crippen molar-refractivity contribution in [2.24, 2.45) is 5.92 Å². The van der Waals surface area contributed by atoms with Gasteiger partial charge in [-0.25, -0.2) is 4.98 Å². The fraction of sp³-hybridized carbons (Fsp3) is 0.667. The van der Waals surface area contributed by atoms with E-state index >= 15 is 0 Å². The highest BCUT2D eigenvalue weighted by molar-refractivity contribution is 7.09. The van der Waals surface area contributed by atoms with E-state index in [1.54, 1.807) is 19.4 Å². The van der Waals surface area contributed by atoms with E-state index in [1.807, 2.05) is 13.8 Å². The summed E-state index contributed by atoms with van der Waals surface area (Å²) in [5.74, 6) is -0.202. The fourth-order valence-corrected chi connectivity index (χ4v) is 1.90. The van der Waals surface area contributed by atoms with E-state index in [0.29, 0.717) is 12.3 Å². The van der Waals surface area contributed by atoms with Gasteiger partial charge in [0.1, 0.15) is 10.7 Å². The predicted octanol–water partition coefficient (Wildman–Crippen LogP) is 1.43. The molecule has 1 unspecified atom stereocenters. The number of methoxy groups -OCH3 is 1. The second kappa shape index (κ2) is 6.26. The van der Waals surface area contributed by atoms with E-state index in [-0.39, 0.29) is 18.4 Å². The largest absolute Gasteiger partial charge is 0.388 e. The molecule has 0 aliphatic rings. The van der Waals surface area contributed by atoms with E-state index in [0.717, 1.165) is 5.01 Å². The molecule has 1 rings (SSSR count). The van der Waals surface area contributed by atoms with Crippen LogP contribution in [-0.2, 0) is 11.3 Å². The third-order valence-electron chi connectivity index (χ3n) is 2.90. The fourth-order valence-electron chi connectivity index (χ4n) is 1.16. The first-order valence-corrected chi connectivity index (χ1v) is 6.68. The van der Waals surface area contributed by atoms with Gasteiger partial charge in [-0.2, -0.15) is 0 Å². The second-order valence-electron chi connectivity index (χ2n) is 4.75. The first kappa shape index (κ1) is 15.1. The van der Waals surface area contributed by atoms with Crippen LogP contribution in [0.1, 0.15) is 36.3 Å². The summed E-state index contributed by atoms with van der Waals surface area (Å²) < 4.78 is 4.94. The van der Waals surface area contributed by atoms with Crippen molar-refractivity contribution in [3.05, 3.63) is 16.1 Å². The summed E-state index contributed by atoms with van der Waals surface area (Å²) in [6, 6.07) is 0. The summed E-state index contributed by atoms with van der Waals surface area (Å²) in [6.45, 7) is 6.13. The number of ether oxygens (including phenoxy) is 1. The quantitative estimate of drug-likeness (QED) is 0.821. The Bertz CT molecular complexity index is 402. The highest BCUT2D eigenvalue weighted by Gasteiger charge is 2.25. The number of hydrogen-bond donors (Lipinski definition) is 2. The lowest BCUT2D eigenvalue weighted by molar-refractivity contribution is 0.0142. The predicted molar refractivity (Wildman–Crippen MR) is 70.6 cm³/mol. The molecule has 2 N–H and O–H groups in total. The Morgan fingerprint density at radius 2 is 2.33 bits per heavy atom. The van der Waals surface area contributed by atoms with Crippen LogP contribution >= 0.6 is 11.3 Å². The minimum absolute atomic E-state index is 0.0669. The van der Waals surface area contributed by atoms with Crippen molar-refractivity contribution in [1.29, 1.82) is 0 Å². The van der Waals surface area contributed by atoms with Gasteiger partial charge in [-0.05, 0) is 12.8 Å². The Kier molecular flexibility index (Phi) is 5.25. The lowest BCUT2D eigenvalue weighted by Crippen LogP contribution is -2.44. The van der Waals surface area contributed by atoms with Crippen LogP contribution in [-0.4, -0.2) is 35.3 Å². The van der Waals surface area contributed by atoms with Gasteiger partial charge >= 0.3 is 0 Å². The Labute approximate surface area is 111 Å². The smallest absolute Gasteiger partial charge is 0.270 e. The van der Waals surface area contributed by atoms with Gasteiger partial charge in [0.2, 0.25) is 0 Å². The number of aliphatic hydroxyl groups is 1. The number of hydrogen-bond acceptors (Lipinski definition) is 5. The van der Waals surface area contributed by atoms with Gasteiger partial charge in [0, 0.05) is 19.0 Å². The average molecular weight is 272 g/mol. The minimum Gasteiger partial charge on any atom is -0.388 e. The molecule has 0 saturated heterocycles. The van der Waals surface area contributed by atoms with Crippen molar-refractivity contribution >= 4 is 17.2 Å². The second-order valence-corrected chi connectivity index (χ2v) is 5.70. The number of thiazole rings is 1. The number of nitrogens with one attached hydrogen (secondary N) is 1. The zero-order valence-electron chi connectivity index (χ0n) is 11.2. The van der Waals surface area contributed by atoms with E-state index < -0.39 is 5.60 Å². The molecule has 1 heterocycles. The van der Waals surface area contributed by atoms with Crippen molar-refractivity contribution in [3.63, 3.8) is 0 Å². The molecule has 0 radical (unpaired) electrons. The van der Waals surface area contributed by atoms with E-state index in [1.165, 1.54) is 11.3 Å². The summed E-state index contributed by atoms with van der Waals surface area (Å²) in [4.78, 5) is 16.0. The Balaban J connectivity index is 2.55. The third kappa shape index (κ3) is 4.04. The Hall–Kier alpha value is -0.980. The van der Waals surface area contributed by atoms with Gasteiger partial charge in [0.05, 0.1) is 12.2 Å². The Morgan fingerprint density at radius 1 is 1.67 bits per heavy atom. The molecule has 1 amide bonds. The lowest BCUT2D eigenvalue weighted by atomic mass is 9.92. The first-order chi connectivity index (χ1) is 8.36. The molecule has 0 bridgehead atoms. The van der Waals surface area contributed by atoms with Crippen molar-refractivity contribution in [2.75, 3.05) is 13.7 Å². The molecule has 1 aromatic heterocycles. The van der Waals surface area contributed by atoms with E-state index in [2.05, 4.69) is 10.3 Å². The van der Waals surface area contributed by atoms with Crippen LogP contribution in [0.3, 0.4) is 0 Å². The van der Waals surface area contributed by atoms with Gasteiger partial charge in [-0.1, -0.05) is 13.8 Å². The SMILES string of the molecule is COCc1nc(C(=O)NCC(C)(O)C(C)C)cs1. The highest BCUT2D eigenvalue weighted by atomic mass is 32.1. The highest BCUT2D eigenvalue weighted by Crippen LogP contribution is 2.15. The molecule has 0 saturated carbocycles. The molecule has 1 atom stereocenters. The van der Waals surface area contributed by atoms with Crippen molar-refractivity contribution in [1.82, 2.24) is 10.3 Å². The molecule has 0 spiro atoms. The van der Waals surface area contributed by atoms with Gasteiger partial charge in [0.25, 0.3) is 5.91 Å². The standard InChI is InChI=1S/C12H20N2O3S/c1-8(2)12(3,16)7-13-11(15)9-6-18-10(14-9)5-17-4/h6,8,16H,5,7H2,1-4H3,(H,13,15). The summed E-state index contributed by atoms with van der Waals surface area (Å²) in [5, 5.41) is 15.2. The van der Waals surface area contributed by atoms with Crippen LogP contribution in [0.2, 0.25) is 0 Å². The number of carbonyl (C=O) groups excluding carboxylic acids is 1. The van der Waals surface area contributed by atoms with Crippen LogP contribution in [0.4, 0.5) is 0 Å². The van der Waals surface area contributed by atoms with Gasteiger partial charge in [-0.3, -0.25) is 4.79 Å². The minimum atomic E-state index is -0.916. The molecule has 0 aliphatic heterocycles. The number of carbonyl (C=O) groups is 1. The molecule has 0 fully saturated rings. The molecule has 0 aromatic carbocycles.